The van der Waals surface area contributed by atoms with Gasteiger partial charge in [0.1, 0.15) is 5.52 Å². The van der Waals surface area contributed by atoms with Crippen LogP contribution >= 0.6 is 0 Å². The van der Waals surface area contributed by atoms with Crippen LogP contribution in [0.5, 0.6) is 5.88 Å². The molecule has 0 aromatic carbocycles. The molecule has 7 nitrogen and oxygen atoms in total. The van der Waals surface area contributed by atoms with E-state index in [2.05, 4.69) is 50.8 Å². The van der Waals surface area contributed by atoms with Crippen LogP contribution in [0.4, 0.5) is 5.95 Å². The fourth-order valence-corrected chi connectivity index (χ4v) is 4.52. The first kappa shape index (κ1) is 16.1. The quantitative estimate of drug-likeness (QED) is 0.889. The molecule has 28 heavy (non-hydrogen) atoms. The lowest BCUT2D eigenvalue weighted by atomic mass is 10.0. The van der Waals surface area contributed by atoms with E-state index in [0.717, 1.165) is 36.3 Å². The van der Waals surface area contributed by atoms with E-state index in [9.17, 15) is 0 Å². The molecule has 1 saturated carbocycles. The van der Waals surface area contributed by atoms with E-state index in [1.54, 1.807) is 7.11 Å². The molecule has 2 aromatic rings. The minimum absolute atomic E-state index is 0.235. The first-order valence-corrected chi connectivity index (χ1v) is 9.71. The Bertz CT molecular complexity index is 1070. The average Bonchev–Trinajstić information content (AvgIpc) is 3.14. The van der Waals surface area contributed by atoms with Crippen molar-refractivity contribution in [2.75, 3.05) is 25.6 Å². The van der Waals surface area contributed by atoms with Crippen LogP contribution in [0.25, 0.3) is 11.1 Å². The summed E-state index contributed by atoms with van der Waals surface area (Å²) in [6.07, 6.45) is 13.4. The second kappa shape index (κ2) is 6.04. The molecule has 7 heteroatoms. The minimum atomic E-state index is 0.235. The lowest BCUT2D eigenvalue weighted by Crippen LogP contribution is -2.16. The van der Waals surface area contributed by atoms with Gasteiger partial charge in [-0.2, -0.15) is 4.98 Å². The number of nitrogens with zero attached hydrogens (tertiary/aromatic N) is 4. The first-order chi connectivity index (χ1) is 13.8. The number of allylic oxidation sites excluding steroid dienone is 3. The van der Waals surface area contributed by atoms with Crippen molar-refractivity contribution < 1.29 is 9.47 Å². The molecule has 4 aliphatic rings. The Labute approximate surface area is 162 Å². The Morgan fingerprint density at radius 1 is 1.29 bits per heavy atom. The van der Waals surface area contributed by atoms with Crippen molar-refractivity contribution in [3.8, 4) is 5.88 Å². The van der Waals surface area contributed by atoms with Gasteiger partial charge >= 0.3 is 0 Å². The van der Waals surface area contributed by atoms with E-state index in [1.165, 1.54) is 5.57 Å². The van der Waals surface area contributed by atoms with Gasteiger partial charge in [-0.15, -0.1) is 5.10 Å². The Morgan fingerprint density at radius 3 is 3.04 bits per heavy atom. The van der Waals surface area contributed by atoms with Gasteiger partial charge in [0.25, 0.3) is 0 Å². The van der Waals surface area contributed by atoms with Crippen LogP contribution < -0.4 is 10.1 Å². The van der Waals surface area contributed by atoms with Crippen LogP contribution in [0, 0.1) is 11.8 Å². The fraction of sp³-hybridized carbons (Fsp3) is 0.381. The zero-order chi connectivity index (χ0) is 18.7. The van der Waals surface area contributed by atoms with Crippen LogP contribution in [0.1, 0.15) is 12.0 Å². The van der Waals surface area contributed by atoms with Crippen LogP contribution in [-0.2, 0) is 4.74 Å². The average molecular weight is 375 g/mol. The number of rotatable bonds is 4. The van der Waals surface area contributed by atoms with Crippen molar-refractivity contribution in [2.45, 2.75) is 18.5 Å². The number of aliphatic imine (C=N–C) groups is 1. The van der Waals surface area contributed by atoms with Crippen molar-refractivity contribution in [2.24, 2.45) is 16.8 Å². The SMILES string of the molecule is COc1nc(NC2C3COC[C@@H]32)nn2ccc(C3=CC4=CC=NC4CC=C3)c12. The predicted molar refractivity (Wildman–Crippen MR) is 107 cm³/mol. The van der Waals surface area contributed by atoms with E-state index in [1.807, 2.05) is 16.9 Å². The highest BCUT2D eigenvalue weighted by atomic mass is 16.5. The van der Waals surface area contributed by atoms with Crippen molar-refractivity contribution in [1.82, 2.24) is 14.6 Å². The van der Waals surface area contributed by atoms with Crippen LogP contribution in [0.15, 0.2) is 47.1 Å². The highest BCUT2D eigenvalue weighted by Crippen LogP contribution is 2.45. The van der Waals surface area contributed by atoms with E-state index in [0.29, 0.717) is 29.7 Å². The van der Waals surface area contributed by atoms with Gasteiger partial charge in [0.05, 0.1) is 26.4 Å². The summed E-state index contributed by atoms with van der Waals surface area (Å²) in [4.78, 5) is 9.16. The van der Waals surface area contributed by atoms with E-state index < -0.39 is 0 Å². The maximum absolute atomic E-state index is 5.64. The molecule has 1 saturated heterocycles. The number of hydrogen-bond acceptors (Lipinski definition) is 6. The van der Waals surface area contributed by atoms with E-state index in [4.69, 9.17) is 9.47 Å². The first-order valence-electron chi connectivity index (χ1n) is 9.71. The molecule has 0 radical (unpaired) electrons. The molecule has 2 fully saturated rings. The molecule has 2 aliphatic heterocycles. The maximum Gasteiger partial charge on any atom is 0.244 e. The number of methoxy groups -OCH3 is 1. The molecule has 1 N–H and O–H groups in total. The van der Waals surface area contributed by atoms with Crippen molar-refractivity contribution in [1.29, 1.82) is 0 Å². The van der Waals surface area contributed by atoms with Crippen LogP contribution in [0.2, 0.25) is 0 Å². The molecule has 3 unspecified atom stereocenters. The van der Waals surface area contributed by atoms with Gasteiger partial charge in [0.2, 0.25) is 11.8 Å². The fourth-order valence-electron chi connectivity index (χ4n) is 4.52. The zero-order valence-electron chi connectivity index (χ0n) is 15.6. The molecule has 0 amide bonds. The predicted octanol–water partition coefficient (Wildman–Crippen LogP) is 2.52. The minimum Gasteiger partial charge on any atom is -0.479 e. The molecule has 4 atom stereocenters. The molecule has 4 heterocycles. The summed E-state index contributed by atoms with van der Waals surface area (Å²) in [6, 6.07) is 2.71. The van der Waals surface area contributed by atoms with Gasteiger partial charge in [-0.25, -0.2) is 4.52 Å². The normalized spacial score (nSPS) is 29.9. The summed E-state index contributed by atoms with van der Waals surface area (Å²) in [5.74, 6) is 2.35. The number of ether oxygens (including phenoxy) is 2. The lowest BCUT2D eigenvalue weighted by molar-refractivity contribution is 0.162. The molecule has 0 spiro atoms. The second-order valence-corrected chi connectivity index (χ2v) is 7.72. The summed E-state index contributed by atoms with van der Waals surface area (Å²) in [6.45, 7) is 1.66. The molecule has 0 bridgehead atoms. The van der Waals surface area contributed by atoms with Crippen molar-refractivity contribution in [3.63, 3.8) is 0 Å². The highest BCUT2D eigenvalue weighted by Gasteiger charge is 2.54. The highest BCUT2D eigenvalue weighted by molar-refractivity contribution is 5.89. The second-order valence-electron chi connectivity index (χ2n) is 7.72. The van der Waals surface area contributed by atoms with Gasteiger partial charge < -0.3 is 14.8 Å². The Morgan fingerprint density at radius 2 is 2.18 bits per heavy atom. The van der Waals surface area contributed by atoms with Crippen molar-refractivity contribution in [3.05, 3.63) is 47.7 Å². The summed E-state index contributed by atoms with van der Waals surface area (Å²) in [5.41, 5.74) is 4.30. The summed E-state index contributed by atoms with van der Waals surface area (Å²) in [7, 11) is 1.66. The largest absolute Gasteiger partial charge is 0.479 e. The standard InChI is InChI=1S/C21H21N5O2/c1-27-20-19-14(12-3-2-4-17-13(9-12)5-7-22-17)6-8-26(19)25-21(24-20)23-18-15-10-28-11-16(15)18/h2-3,5-9,15-18H,4,10-11H2,1H3,(H,23,25)/t15-,16?,17?,18?/m0/s1. The summed E-state index contributed by atoms with van der Waals surface area (Å²) >= 11 is 0. The van der Waals surface area contributed by atoms with Gasteiger partial charge in [0.15, 0.2) is 0 Å². The molecular weight excluding hydrogens is 354 g/mol. The Kier molecular flexibility index (Phi) is 3.46. The third kappa shape index (κ3) is 2.43. The number of fused-ring (bicyclic) bond motifs is 3. The van der Waals surface area contributed by atoms with Gasteiger partial charge in [-0.3, -0.25) is 4.99 Å². The number of anilines is 1. The number of aromatic nitrogens is 3. The monoisotopic (exact) mass is 375 g/mol. The molecule has 142 valence electrons. The summed E-state index contributed by atoms with van der Waals surface area (Å²) < 4.78 is 13.0. The molecular formula is C21H21N5O2. The topological polar surface area (TPSA) is 73.0 Å². The molecule has 2 aliphatic carbocycles. The number of hydrogen-bond donors (Lipinski definition) is 1. The smallest absolute Gasteiger partial charge is 0.244 e. The van der Waals surface area contributed by atoms with E-state index >= 15 is 0 Å². The van der Waals surface area contributed by atoms with Gasteiger partial charge in [0, 0.05) is 35.9 Å². The third-order valence-electron chi connectivity index (χ3n) is 6.13. The molecule has 6 rings (SSSR count). The Hall–Kier alpha value is -2.93. The lowest BCUT2D eigenvalue weighted by Gasteiger charge is -2.11. The Balaban J connectivity index is 1.38. The molecule has 2 aromatic heterocycles. The maximum atomic E-state index is 5.64. The van der Waals surface area contributed by atoms with Crippen LogP contribution in [0.3, 0.4) is 0 Å². The van der Waals surface area contributed by atoms with Crippen LogP contribution in [-0.4, -0.2) is 53.2 Å². The number of nitrogens with one attached hydrogen (secondary N) is 1. The summed E-state index contributed by atoms with van der Waals surface area (Å²) in [5, 5.41) is 8.14. The van der Waals surface area contributed by atoms with Gasteiger partial charge in [-0.1, -0.05) is 12.2 Å². The zero-order valence-corrected chi connectivity index (χ0v) is 15.6. The third-order valence-corrected chi connectivity index (χ3v) is 6.13. The van der Waals surface area contributed by atoms with Crippen molar-refractivity contribution >= 4 is 23.3 Å². The van der Waals surface area contributed by atoms with Gasteiger partial charge in [-0.05, 0) is 35.8 Å². The van der Waals surface area contributed by atoms with E-state index in [-0.39, 0.29) is 6.04 Å².